The van der Waals surface area contributed by atoms with Crippen molar-refractivity contribution in [3.63, 3.8) is 0 Å². The van der Waals surface area contributed by atoms with Crippen molar-refractivity contribution in [2.75, 3.05) is 27.9 Å². The van der Waals surface area contributed by atoms with Crippen molar-refractivity contribution in [2.45, 2.75) is 44.6 Å². The third-order valence-corrected chi connectivity index (χ3v) is 3.93. The van der Waals surface area contributed by atoms with Gasteiger partial charge in [-0.3, -0.25) is 0 Å². The van der Waals surface area contributed by atoms with Crippen molar-refractivity contribution in [3.8, 4) is 17.2 Å². The van der Waals surface area contributed by atoms with Crippen LogP contribution < -0.4 is 19.5 Å². The molecule has 2 rings (SSSR count). The number of hydrogen-bond acceptors (Lipinski definition) is 4. The summed E-state index contributed by atoms with van der Waals surface area (Å²) < 4.78 is 16.2. The van der Waals surface area contributed by atoms with Gasteiger partial charge in [0.1, 0.15) is 17.2 Å². The fourth-order valence-corrected chi connectivity index (χ4v) is 2.52. The van der Waals surface area contributed by atoms with Crippen LogP contribution in [0.3, 0.4) is 0 Å². The van der Waals surface area contributed by atoms with Gasteiger partial charge in [-0.05, 0) is 38.6 Å². The highest BCUT2D eigenvalue weighted by molar-refractivity contribution is 5.50. The summed E-state index contributed by atoms with van der Waals surface area (Å²) in [4.78, 5) is 0. The van der Waals surface area contributed by atoms with E-state index in [9.17, 15) is 0 Å². The van der Waals surface area contributed by atoms with E-state index in [-0.39, 0.29) is 0 Å². The van der Waals surface area contributed by atoms with Gasteiger partial charge in [-0.2, -0.15) is 0 Å². The summed E-state index contributed by atoms with van der Waals surface area (Å²) in [6.07, 6.45) is 7.29. The first-order chi connectivity index (χ1) is 10.3. The molecule has 1 aromatic rings. The van der Waals surface area contributed by atoms with Crippen LogP contribution in [-0.2, 0) is 6.42 Å². The first kappa shape index (κ1) is 16.0. The Morgan fingerprint density at radius 1 is 0.952 bits per heavy atom. The van der Waals surface area contributed by atoms with Gasteiger partial charge in [0.25, 0.3) is 0 Å². The Balaban J connectivity index is 1.84. The summed E-state index contributed by atoms with van der Waals surface area (Å²) in [7, 11) is 5.04. The monoisotopic (exact) mass is 293 g/mol. The van der Waals surface area contributed by atoms with Gasteiger partial charge in [0.15, 0.2) is 0 Å². The van der Waals surface area contributed by atoms with Crippen LogP contribution in [0.4, 0.5) is 0 Å². The van der Waals surface area contributed by atoms with Crippen LogP contribution >= 0.6 is 0 Å². The van der Waals surface area contributed by atoms with Gasteiger partial charge in [-0.1, -0.05) is 6.42 Å². The van der Waals surface area contributed by atoms with Crippen LogP contribution in [0.15, 0.2) is 12.1 Å². The van der Waals surface area contributed by atoms with Crippen molar-refractivity contribution in [1.82, 2.24) is 5.32 Å². The van der Waals surface area contributed by atoms with E-state index < -0.39 is 0 Å². The summed E-state index contributed by atoms with van der Waals surface area (Å²) >= 11 is 0. The summed E-state index contributed by atoms with van der Waals surface area (Å²) in [6.45, 7) is 1.14. The van der Waals surface area contributed by atoms with Crippen molar-refractivity contribution in [2.24, 2.45) is 0 Å². The molecule has 0 aliphatic heterocycles. The molecule has 1 saturated carbocycles. The highest BCUT2D eigenvalue weighted by atomic mass is 16.5. The fourth-order valence-electron chi connectivity index (χ4n) is 2.52. The maximum atomic E-state index is 5.48. The first-order valence-corrected chi connectivity index (χ1v) is 7.80. The largest absolute Gasteiger partial charge is 0.496 e. The Morgan fingerprint density at radius 2 is 1.62 bits per heavy atom. The van der Waals surface area contributed by atoms with Crippen molar-refractivity contribution >= 4 is 0 Å². The van der Waals surface area contributed by atoms with E-state index in [1.165, 1.54) is 25.7 Å². The van der Waals surface area contributed by atoms with Gasteiger partial charge in [0.2, 0.25) is 0 Å². The number of hydrogen-bond donors (Lipinski definition) is 1. The summed E-state index contributed by atoms with van der Waals surface area (Å²) in [5, 5.41) is 3.55. The van der Waals surface area contributed by atoms with Crippen LogP contribution in [0.2, 0.25) is 0 Å². The molecular weight excluding hydrogens is 266 g/mol. The lowest BCUT2D eigenvalue weighted by molar-refractivity contribution is 0.367. The van der Waals surface area contributed by atoms with Crippen LogP contribution in [0.5, 0.6) is 17.2 Å². The molecule has 0 saturated heterocycles. The summed E-state index contributed by atoms with van der Waals surface area (Å²) in [5.74, 6) is 2.46. The SMILES string of the molecule is COc1cc(OC)c(CCCCCNC2CC2)c(OC)c1. The molecule has 118 valence electrons. The Morgan fingerprint density at radius 3 is 2.14 bits per heavy atom. The van der Waals surface area contributed by atoms with Crippen LogP contribution in [0.25, 0.3) is 0 Å². The molecule has 1 aromatic carbocycles. The molecule has 1 aliphatic carbocycles. The molecule has 0 bridgehead atoms. The molecule has 0 radical (unpaired) electrons. The van der Waals surface area contributed by atoms with Gasteiger partial charge >= 0.3 is 0 Å². The van der Waals surface area contributed by atoms with Crippen LogP contribution in [0, 0.1) is 0 Å². The minimum atomic E-state index is 0.765. The highest BCUT2D eigenvalue weighted by Crippen LogP contribution is 2.35. The molecule has 0 spiro atoms. The standard InChI is InChI=1S/C17H27NO3/c1-19-14-11-16(20-2)15(17(12-14)21-3)7-5-4-6-10-18-13-8-9-13/h11-13,18H,4-10H2,1-3H3. The third-order valence-electron chi connectivity index (χ3n) is 3.93. The topological polar surface area (TPSA) is 39.7 Å². The van der Waals surface area contributed by atoms with E-state index in [4.69, 9.17) is 14.2 Å². The average Bonchev–Trinajstić information content (AvgIpc) is 3.34. The second-order valence-corrected chi connectivity index (χ2v) is 5.55. The molecule has 0 amide bonds. The van der Waals surface area contributed by atoms with Crippen LogP contribution in [0.1, 0.15) is 37.7 Å². The van der Waals surface area contributed by atoms with Gasteiger partial charge < -0.3 is 19.5 Å². The molecule has 21 heavy (non-hydrogen) atoms. The second-order valence-electron chi connectivity index (χ2n) is 5.55. The zero-order chi connectivity index (χ0) is 15.1. The van der Waals surface area contributed by atoms with Crippen molar-refractivity contribution in [3.05, 3.63) is 17.7 Å². The number of rotatable bonds is 10. The number of nitrogens with one attached hydrogen (secondary N) is 1. The quantitative estimate of drug-likeness (QED) is 0.673. The molecular formula is C17H27NO3. The zero-order valence-electron chi connectivity index (χ0n) is 13.4. The molecule has 0 aromatic heterocycles. The molecule has 0 heterocycles. The first-order valence-electron chi connectivity index (χ1n) is 7.80. The van der Waals surface area contributed by atoms with E-state index in [0.717, 1.165) is 48.2 Å². The van der Waals surface area contributed by atoms with Crippen LogP contribution in [-0.4, -0.2) is 33.9 Å². The summed E-state index contributed by atoms with van der Waals surface area (Å²) in [5.41, 5.74) is 1.14. The zero-order valence-corrected chi connectivity index (χ0v) is 13.4. The Labute approximate surface area is 127 Å². The van der Waals surface area contributed by atoms with E-state index in [1.54, 1.807) is 21.3 Å². The number of unbranched alkanes of at least 4 members (excludes halogenated alkanes) is 2. The van der Waals surface area contributed by atoms with Gasteiger partial charge in [-0.25, -0.2) is 0 Å². The van der Waals surface area contributed by atoms with E-state index in [1.807, 2.05) is 12.1 Å². The Kier molecular flexibility index (Phi) is 6.18. The predicted octanol–water partition coefficient (Wildman–Crippen LogP) is 3.18. The second kappa shape index (κ2) is 8.13. The number of methoxy groups -OCH3 is 3. The van der Waals surface area contributed by atoms with Gasteiger partial charge in [0, 0.05) is 23.7 Å². The molecule has 1 aliphatic rings. The van der Waals surface area contributed by atoms with Gasteiger partial charge in [0.05, 0.1) is 21.3 Å². The maximum absolute atomic E-state index is 5.48. The van der Waals surface area contributed by atoms with Gasteiger partial charge in [-0.15, -0.1) is 0 Å². The lowest BCUT2D eigenvalue weighted by Gasteiger charge is -2.15. The molecule has 4 heteroatoms. The van der Waals surface area contributed by atoms with Crippen molar-refractivity contribution in [1.29, 1.82) is 0 Å². The smallest absolute Gasteiger partial charge is 0.129 e. The maximum Gasteiger partial charge on any atom is 0.129 e. The Hall–Kier alpha value is -1.42. The van der Waals surface area contributed by atoms with E-state index in [0.29, 0.717) is 0 Å². The number of benzene rings is 1. The number of ether oxygens (including phenoxy) is 3. The normalized spacial score (nSPS) is 14.0. The molecule has 4 nitrogen and oxygen atoms in total. The lowest BCUT2D eigenvalue weighted by atomic mass is 10.0. The molecule has 1 N–H and O–H groups in total. The minimum Gasteiger partial charge on any atom is -0.496 e. The third kappa shape index (κ3) is 4.81. The van der Waals surface area contributed by atoms with E-state index in [2.05, 4.69) is 5.32 Å². The fraction of sp³-hybridized carbons (Fsp3) is 0.647. The molecule has 1 fully saturated rings. The predicted molar refractivity (Wildman–Crippen MR) is 84.7 cm³/mol. The average molecular weight is 293 g/mol. The van der Waals surface area contributed by atoms with Crippen molar-refractivity contribution < 1.29 is 14.2 Å². The highest BCUT2D eigenvalue weighted by Gasteiger charge is 2.19. The molecule has 0 atom stereocenters. The minimum absolute atomic E-state index is 0.765. The lowest BCUT2D eigenvalue weighted by Crippen LogP contribution is -2.17. The van der Waals surface area contributed by atoms with E-state index >= 15 is 0 Å². The molecule has 0 unspecified atom stereocenters. The Bertz CT molecular complexity index is 419. The summed E-state index contributed by atoms with van der Waals surface area (Å²) in [6, 6.07) is 4.66.